The van der Waals surface area contributed by atoms with Gasteiger partial charge < -0.3 is 14.4 Å². The molecule has 2 fully saturated rings. The van der Waals surface area contributed by atoms with Gasteiger partial charge in [0.25, 0.3) is 0 Å². The fraction of sp³-hybridized carbons (Fsp3) is 0.444. The molecule has 26 heavy (non-hydrogen) atoms. The molecule has 8 heteroatoms. The second-order valence-corrected chi connectivity index (χ2v) is 8.05. The van der Waals surface area contributed by atoms with Gasteiger partial charge in [-0.1, -0.05) is 35.1 Å². The van der Waals surface area contributed by atoms with E-state index in [1.165, 1.54) is 0 Å². The number of halogens is 1. The molecule has 0 bridgehead atoms. The van der Waals surface area contributed by atoms with Crippen molar-refractivity contribution in [2.75, 3.05) is 31.2 Å². The van der Waals surface area contributed by atoms with Crippen molar-refractivity contribution in [2.24, 2.45) is 5.92 Å². The zero-order valence-electron chi connectivity index (χ0n) is 14.2. The predicted molar refractivity (Wildman–Crippen MR) is 102 cm³/mol. The van der Waals surface area contributed by atoms with Crippen molar-refractivity contribution >= 4 is 33.0 Å². The number of anilines is 1. The van der Waals surface area contributed by atoms with Crippen LogP contribution < -0.4 is 4.90 Å². The molecule has 2 aromatic heterocycles. The van der Waals surface area contributed by atoms with E-state index in [9.17, 15) is 0 Å². The third-order valence-corrected chi connectivity index (χ3v) is 6.25. The van der Waals surface area contributed by atoms with E-state index in [0.29, 0.717) is 5.92 Å². The van der Waals surface area contributed by atoms with Crippen molar-refractivity contribution in [1.82, 2.24) is 14.6 Å². The van der Waals surface area contributed by atoms with Gasteiger partial charge in [-0.3, -0.25) is 0 Å². The molecule has 136 valence electrons. The number of fused-ring (bicyclic) bond motifs is 1. The van der Waals surface area contributed by atoms with Gasteiger partial charge in [-0.15, -0.1) is 5.10 Å². The monoisotopic (exact) mass is 390 g/mol. The maximum Gasteiger partial charge on any atom is 0.214 e. The highest BCUT2D eigenvalue weighted by Gasteiger charge is 2.31. The Hall–Kier alpha value is -1.67. The fourth-order valence-corrected chi connectivity index (χ4v) is 4.65. The Morgan fingerprint density at radius 1 is 1.08 bits per heavy atom. The predicted octanol–water partition coefficient (Wildman–Crippen LogP) is 3.70. The number of ether oxygens (including phenoxy) is 2. The first-order chi connectivity index (χ1) is 12.8. The molecule has 2 saturated heterocycles. The molecule has 0 unspecified atom stereocenters. The van der Waals surface area contributed by atoms with Crippen molar-refractivity contribution in [3.63, 3.8) is 0 Å². The van der Waals surface area contributed by atoms with Crippen molar-refractivity contribution in [1.29, 1.82) is 0 Å². The van der Waals surface area contributed by atoms with Gasteiger partial charge in [0, 0.05) is 29.6 Å². The van der Waals surface area contributed by atoms with Crippen LogP contribution in [0.15, 0.2) is 30.5 Å². The summed E-state index contributed by atoms with van der Waals surface area (Å²) in [7, 11) is 0. The maximum atomic E-state index is 5.96. The Kier molecular flexibility index (Phi) is 4.32. The lowest BCUT2D eigenvalue weighted by Crippen LogP contribution is -2.38. The highest BCUT2D eigenvalue weighted by Crippen LogP contribution is 2.32. The number of rotatable bonds is 3. The third kappa shape index (κ3) is 3.09. The Morgan fingerprint density at radius 3 is 2.50 bits per heavy atom. The lowest BCUT2D eigenvalue weighted by molar-refractivity contribution is -0.0889. The summed E-state index contributed by atoms with van der Waals surface area (Å²) in [5, 5.41) is 6.49. The molecule has 5 rings (SSSR count). The molecule has 1 aromatic carbocycles. The third-order valence-electron chi connectivity index (χ3n) is 5.02. The largest absolute Gasteiger partial charge is 0.350 e. The van der Waals surface area contributed by atoms with Gasteiger partial charge in [0.2, 0.25) is 10.1 Å². The number of nitrogens with zero attached hydrogens (tertiary/aromatic N) is 4. The minimum absolute atomic E-state index is 0.00677. The van der Waals surface area contributed by atoms with E-state index in [2.05, 4.69) is 4.90 Å². The van der Waals surface area contributed by atoms with Crippen LogP contribution in [0.3, 0.4) is 0 Å². The Bertz CT molecular complexity index is 864. The van der Waals surface area contributed by atoms with Gasteiger partial charge in [-0.25, -0.2) is 9.50 Å². The van der Waals surface area contributed by atoms with Crippen LogP contribution in [-0.4, -0.2) is 47.2 Å². The van der Waals surface area contributed by atoms with Crippen LogP contribution in [0.2, 0.25) is 5.02 Å². The average molecular weight is 391 g/mol. The molecule has 3 aromatic rings. The molecule has 2 aliphatic rings. The van der Waals surface area contributed by atoms with Crippen molar-refractivity contribution < 1.29 is 9.47 Å². The molecule has 0 saturated carbocycles. The molecule has 0 aliphatic carbocycles. The molecule has 0 N–H and O–H groups in total. The molecule has 4 heterocycles. The highest BCUT2D eigenvalue weighted by atomic mass is 35.5. The topological polar surface area (TPSA) is 51.9 Å². The molecule has 0 radical (unpaired) electrons. The van der Waals surface area contributed by atoms with E-state index in [1.54, 1.807) is 11.3 Å². The first-order valence-corrected chi connectivity index (χ1v) is 10.1. The zero-order valence-corrected chi connectivity index (χ0v) is 15.7. The Balaban J connectivity index is 1.30. The fourth-order valence-electron chi connectivity index (χ4n) is 3.59. The van der Waals surface area contributed by atoms with Crippen LogP contribution in [0.5, 0.6) is 0 Å². The van der Waals surface area contributed by atoms with E-state index < -0.39 is 0 Å². The second-order valence-electron chi connectivity index (χ2n) is 6.68. The van der Waals surface area contributed by atoms with E-state index in [-0.39, 0.29) is 6.29 Å². The van der Waals surface area contributed by atoms with Crippen LogP contribution >= 0.6 is 22.9 Å². The molecule has 2 aliphatic heterocycles. The zero-order chi connectivity index (χ0) is 17.5. The van der Waals surface area contributed by atoms with Gasteiger partial charge in [-0.2, -0.15) is 0 Å². The van der Waals surface area contributed by atoms with Gasteiger partial charge in [0.1, 0.15) is 0 Å². The van der Waals surface area contributed by atoms with Crippen LogP contribution in [0, 0.1) is 5.92 Å². The van der Waals surface area contributed by atoms with E-state index in [1.807, 2.05) is 35.0 Å². The normalized spacial score (nSPS) is 19.7. The number of piperidine rings is 1. The second kappa shape index (κ2) is 6.81. The van der Waals surface area contributed by atoms with E-state index in [0.717, 1.165) is 65.5 Å². The first kappa shape index (κ1) is 16.5. The van der Waals surface area contributed by atoms with Crippen LogP contribution in [-0.2, 0) is 9.47 Å². The van der Waals surface area contributed by atoms with Crippen molar-refractivity contribution in [2.45, 2.75) is 19.1 Å². The summed E-state index contributed by atoms with van der Waals surface area (Å²) in [5.74, 6) is 0.495. The van der Waals surface area contributed by atoms with Gasteiger partial charge in [0.05, 0.1) is 25.1 Å². The molecular weight excluding hydrogens is 372 g/mol. The molecule has 6 nitrogen and oxygen atoms in total. The molecular formula is C18H19ClN4O2S. The van der Waals surface area contributed by atoms with Gasteiger partial charge in [0.15, 0.2) is 6.29 Å². The number of hydrogen-bond acceptors (Lipinski definition) is 6. The standard InChI is InChI=1S/C18H19ClN4O2S/c19-14-3-1-12(2-4-14)15-11-23-17(20-15)26-18(21-23)22-7-5-13(6-8-22)16-24-9-10-25-16/h1-4,11,13,16H,5-10H2. The van der Waals surface area contributed by atoms with Crippen molar-refractivity contribution in [3.05, 3.63) is 35.5 Å². The quantitative estimate of drug-likeness (QED) is 0.682. The van der Waals surface area contributed by atoms with Crippen LogP contribution in [0.25, 0.3) is 16.2 Å². The number of hydrogen-bond donors (Lipinski definition) is 0. The van der Waals surface area contributed by atoms with E-state index in [4.69, 9.17) is 31.2 Å². The summed E-state index contributed by atoms with van der Waals surface area (Å²) >= 11 is 7.59. The van der Waals surface area contributed by atoms with E-state index >= 15 is 0 Å². The highest BCUT2D eigenvalue weighted by molar-refractivity contribution is 7.20. The summed E-state index contributed by atoms with van der Waals surface area (Å²) in [6, 6.07) is 7.72. The summed E-state index contributed by atoms with van der Waals surface area (Å²) < 4.78 is 13.2. The summed E-state index contributed by atoms with van der Waals surface area (Å²) in [5.41, 5.74) is 1.97. The first-order valence-electron chi connectivity index (χ1n) is 8.86. The minimum Gasteiger partial charge on any atom is -0.350 e. The van der Waals surface area contributed by atoms with Crippen molar-refractivity contribution in [3.8, 4) is 11.3 Å². The van der Waals surface area contributed by atoms with Crippen LogP contribution in [0.4, 0.5) is 5.13 Å². The molecule has 0 atom stereocenters. The Morgan fingerprint density at radius 2 is 1.81 bits per heavy atom. The summed E-state index contributed by atoms with van der Waals surface area (Å²) in [6.45, 7) is 3.41. The number of aromatic nitrogens is 3. The Labute approximate surface area is 160 Å². The summed E-state index contributed by atoms with van der Waals surface area (Å²) in [4.78, 5) is 7.97. The lowest BCUT2D eigenvalue weighted by Gasteiger charge is -2.33. The lowest BCUT2D eigenvalue weighted by atomic mass is 9.96. The SMILES string of the molecule is Clc1ccc(-c2cn3nc(N4CCC(C5OCCO5)CC4)sc3n2)cc1. The number of imidazole rings is 1. The van der Waals surface area contributed by atoms with Crippen LogP contribution in [0.1, 0.15) is 12.8 Å². The smallest absolute Gasteiger partial charge is 0.214 e. The minimum atomic E-state index is -0.00677. The molecule has 0 spiro atoms. The van der Waals surface area contributed by atoms with Gasteiger partial charge >= 0.3 is 0 Å². The number of benzene rings is 1. The maximum absolute atomic E-state index is 5.96. The molecule has 0 amide bonds. The average Bonchev–Trinajstić information content (AvgIpc) is 3.39. The summed E-state index contributed by atoms with van der Waals surface area (Å²) in [6.07, 6.45) is 4.11. The van der Waals surface area contributed by atoms with Gasteiger partial charge in [-0.05, 0) is 25.0 Å².